The van der Waals surface area contributed by atoms with Crippen LogP contribution in [0.1, 0.15) is 48.9 Å². The highest BCUT2D eigenvalue weighted by atomic mass is 16.2. The lowest BCUT2D eigenvalue weighted by Gasteiger charge is -2.32. The van der Waals surface area contributed by atoms with Gasteiger partial charge in [-0.25, -0.2) is 0 Å². The Morgan fingerprint density at radius 3 is 2.45 bits per heavy atom. The molecule has 1 unspecified atom stereocenters. The Labute approximate surface area is 132 Å². The van der Waals surface area contributed by atoms with E-state index in [0.29, 0.717) is 13.0 Å². The Bertz CT molecular complexity index is 596. The van der Waals surface area contributed by atoms with Gasteiger partial charge in [0.2, 0.25) is 5.91 Å². The van der Waals surface area contributed by atoms with Crippen molar-refractivity contribution in [1.82, 2.24) is 14.8 Å². The summed E-state index contributed by atoms with van der Waals surface area (Å²) in [7, 11) is 1.96. The molecule has 5 heteroatoms. The second-order valence-corrected chi connectivity index (χ2v) is 7.30. The first-order chi connectivity index (χ1) is 10.1. The molecule has 0 radical (unpaired) electrons. The molecule has 5 nitrogen and oxygen atoms in total. The van der Waals surface area contributed by atoms with Gasteiger partial charge in [0.25, 0.3) is 5.91 Å². The monoisotopic (exact) mass is 305 g/mol. The molecular formula is C17H27N3O2. The third-order valence-electron chi connectivity index (χ3n) is 4.59. The quantitative estimate of drug-likeness (QED) is 0.929. The lowest BCUT2D eigenvalue weighted by Crippen LogP contribution is -2.42. The Morgan fingerprint density at radius 1 is 1.36 bits per heavy atom. The van der Waals surface area contributed by atoms with Crippen LogP contribution in [-0.4, -0.2) is 39.9 Å². The minimum Gasteiger partial charge on any atom is -0.352 e. The molecule has 1 aromatic heterocycles. The van der Waals surface area contributed by atoms with Gasteiger partial charge in [-0.05, 0) is 40.7 Å². The van der Waals surface area contributed by atoms with Gasteiger partial charge in [0, 0.05) is 49.4 Å². The van der Waals surface area contributed by atoms with Crippen molar-refractivity contribution < 1.29 is 9.59 Å². The molecule has 0 saturated carbocycles. The minimum absolute atomic E-state index is 0.0529. The summed E-state index contributed by atoms with van der Waals surface area (Å²) >= 11 is 0. The van der Waals surface area contributed by atoms with Gasteiger partial charge in [-0.15, -0.1) is 0 Å². The van der Waals surface area contributed by atoms with Crippen molar-refractivity contribution in [2.75, 3.05) is 13.1 Å². The Hall–Kier alpha value is -1.78. The number of likely N-dealkylation sites (tertiary alicyclic amines) is 1. The SMILES string of the molecule is Cc1cc(C(=O)NCC2CC(=O)N(C(C)(C)C)C2)c(C)n1C. The van der Waals surface area contributed by atoms with Crippen LogP contribution in [0.3, 0.4) is 0 Å². The molecule has 1 aromatic rings. The Kier molecular flexibility index (Phi) is 4.36. The standard InChI is InChI=1S/C17H27N3O2/c1-11-7-14(12(2)19(11)6)16(22)18-9-13-8-15(21)20(10-13)17(3,4)5/h7,13H,8-10H2,1-6H3,(H,18,22). The van der Waals surface area contributed by atoms with E-state index < -0.39 is 0 Å². The summed E-state index contributed by atoms with van der Waals surface area (Å²) in [5, 5.41) is 2.98. The number of aromatic nitrogens is 1. The molecule has 1 fully saturated rings. The maximum Gasteiger partial charge on any atom is 0.253 e. The van der Waals surface area contributed by atoms with Gasteiger partial charge >= 0.3 is 0 Å². The summed E-state index contributed by atoms with van der Waals surface area (Å²) in [5.41, 5.74) is 2.60. The van der Waals surface area contributed by atoms with Crippen molar-refractivity contribution >= 4 is 11.8 Å². The lowest BCUT2D eigenvalue weighted by atomic mass is 10.1. The molecule has 2 heterocycles. The molecule has 2 amide bonds. The molecule has 0 bridgehead atoms. The summed E-state index contributed by atoms with van der Waals surface area (Å²) in [6, 6.07) is 1.91. The minimum atomic E-state index is -0.150. The second-order valence-electron chi connectivity index (χ2n) is 7.30. The van der Waals surface area contributed by atoms with Crippen LogP contribution in [0.15, 0.2) is 6.07 Å². The number of hydrogen-bond donors (Lipinski definition) is 1. The summed E-state index contributed by atoms with van der Waals surface area (Å²) in [5.74, 6) is 0.321. The van der Waals surface area contributed by atoms with E-state index in [4.69, 9.17) is 0 Å². The topological polar surface area (TPSA) is 54.3 Å². The predicted molar refractivity (Wildman–Crippen MR) is 86.8 cm³/mol. The molecule has 1 aliphatic heterocycles. The third-order valence-corrected chi connectivity index (χ3v) is 4.59. The maximum absolute atomic E-state index is 12.3. The van der Waals surface area contributed by atoms with E-state index in [2.05, 4.69) is 5.32 Å². The lowest BCUT2D eigenvalue weighted by molar-refractivity contribution is -0.131. The highest BCUT2D eigenvalue weighted by Crippen LogP contribution is 2.25. The third kappa shape index (κ3) is 3.18. The highest BCUT2D eigenvalue weighted by Gasteiger charge is 2.36. The van der Waals surface area contributed by atoms with Crippen molar-refractivity contribution in [2.45, 2.75) is 46.6 Å². The molecule has 0 aromatic carbocycles. The first-order valence-corrected chi connectivity index (χ1v) is 7.83. The average molecular weight is 305 g/mol. The number of rotatable bonds is 3. The normalized spacial score (nSPS) is 18.9. The van der Waals surface area contributed by atoms with Gasteiger partial charge < -0.3 is 14.8 Å². The maximum atomic E-state index is 12.3. The number of hydrogen-bond acceptors (Lipinski definition) is 2. The molecule has 1 aliphatic rings. The first kappa shape index (κ1) is 16.6. The molecule has 0 aliphatic carbocycles. The molecule has 1 atom stereocenters. The van der Waals surface area contributed by atoms with Crippen molar-refractivity contribution in [1.29, 1.82) is 0 Å². The predicted octanol–water partition coefficient (Wildman–Crippen LogP) is 2.02. The molecule has 2 rings (SSSR count). The van der Waals surface area contributed by atoms with E-state index in [-0.39, 0.29) is 23.3 Å². The largest absolute Gasteiger partial charge is 0.352 e. The summed E-state index contributed by atoms with van der Waals surface area (Å²) < 4.78 is 2.01. The van der Waals surface area contributed by atoms with Crippen LogP contribution in [0, 0.1) is 19.8 Å². The van der Waals surface area contributed by atoms with Crippen molar-refractivity contribution in [3.63, 3.8) is 0 Å². The van der Waals surface area contributed by atoms with Gasteiger partial charge in [0.1, 0.15) is 0 Å². The zero-order chi connectivity index (χ0) is 16.7. The number of carbonyl (C=O) groups is 2. The van der Waals surface area contributed by atoms with Gasteiger partial charge in [0.05, 0.1) is 5.56 Å². The fourth-order valence-electron chi connectivity index (χ4n) is 2.98. The van der Waals surface area contributed by atoms with E-state index in [1.807, 2.05) is 57.2 Å². The van der Waals surface area contributed by atoms with E-state index in [1.165, 1.54) is 0 Å². The molecule has 122 valence electrons. The zero-order valence-corrected chi connectivity index (χ0v) is 14.5. The van der Waals surface area contributed by atoms with Crippen LogP contribution in [-0.2, 0) is 11.8 Å². The van der Waals surface area contributed by atoms with Gasteiger partial charge in [0.15, 0.2) is 0 Å². The van der Waals surface area contributed by atoms with Gasteiger partial charge in [-0.3, -0.25) is 9.59 Å². The van der Waals surface area contributed by atoms with Crippen LogP contribution < -0.4 is 5.32 Å². The van der Waals surface area contributed by atoms with Crippen LogP contribution in [0.5, 0.6) is 0 Å². The second kappa shape index (κ2) is 5.78. The van der Waals surface area contributed by atoms with E-state index in [0.717, 1.165) is 23.5 Å². The first-order valence-electron chi connectivity index (χ1n) is 7.83. The molecular weight excluding hydrogens is 278 g/mol. The number of nitrogens with one attached hydrogen (secondary N) is 1. The summed E-state index contributed by atoms with van der Waals surface area (Å²) in [6.07, 6.45) is 0.518. The summed E-state index contributed by atoms with van der Waals surface area (Å²) in [6.45, 7) is 11.3. The Morgan fingerprint density at radius 2 is 2.00 bits per heavy atom. The van der Waals surface area contributed by atoms with E-state index in [9.17, 15) is 9.59 Å². The number of nitrogens with zero attached hydrogens (tertiary/aromatic N) is 2. The number of amides is 2. The summed E-state index contributed by atoms with van der Waals surface area (Å²) in [4.78, 5) is 26.3. The molecule has 1 saturated heterocycles. The van der Waals surface area contributed by atoms with Crippen LogP contribution in [0.25, 0.3) is 0 Å². The highest BCUT2D eigenvalue weighted by molar-refractivity contribution is 5.95. The van der Waals surface area contributed by atoms with Crippen molar-refractivity contribution in [3.8, 4) is 0 Å². The van der Waals surface area contributed by atoms with Gasteiger partial charge in [-0.1, -0.05) is 0 Å². The fraction of sp³-hybridized carbons (Fsp3) is 0.647. The Balaban J connectivity index is 1.95. The molecule has 22 heavy (non-hydrogen) atoms. The zero-order valence-electron chi connectivity index (χ0n) is 14.5. The van der Waals surface area contributed by atoms with Crippen molar-refractivity contribution in [2.24, 2.45) is 13.0 Å². The number of carbonyl (C=O) groups excluding carboxylic acids is 2. The molecule has 0 spiro atoms. The fourth-order valence-corrected chi connectivity index (χ4v) is 2.98. The van der Waals surface area contributed by atoms with Crippen LogP contribution >= 0.6 is 0 Å². The van der Waals surface area contributed by atoms with Crippen LogP contribution in [0.2, 0.25) is 0 Å². The van der Waals surface area contributed by atoms with Crippen LogP contribution in [0.4, 0.5) is 0 Å². The van der Waals surface area contributed by atoms with E-state index >= 15 is 0 Å². The average Bonchev–Trinajstić information content (AvgIpc) is 2.91. The molecule has 1 N–H and O–H groups in total. The van der Waals surface area contributed by atoms with Gasteiger partial charge in [-0.2, -0.15) is 0 Å². The van der Waals surface area contributed by atoms with Crippen molar-refractivity contribution in [3.05, 3.63) is 23.0 Å². The number of aryl methyl sites for hydroxylation is 1. The van der Waals surface area contributed by atoms with E-state index in [1.54, 1.807) is 0 Å². The smallest absolute Gasteiger partial charge is 0.253 e.